The number of furan rings is 1. The fraction of sp³-hybridized carbons (Fsp3) is 0.333. The number of nitrogens with one attached hydrogen (secondary N) is 1. The minimum absolute atomic E-state index is 0.250. The summed E-state index contributed by atoms with van der Waals surface area (Å²) in [7, 11) is 0. The van der Waals surface area contributed by atoms with Gasteiger partial charge < -0.3 is 14.3 Å². The van der Waals surface area contributed by atoms with Gasteiger partial charge in [-0.2, -0.15) is 0 Å². The van der Waals surface area contributed by atoms with Crippen LogP contribution < -0.4 is 10.1 Å². The summed E-state index contributed by atoms with van der Waals surface area (Å²) in [4.78, 5) is 0. The average Bonchev–Trinajstić information content (AvgIpc) is 2.97. The maximum Gasteiger partial charge on any atom is 0.573 e. The highest BCUT2D eigenvalue weighted by atomic mass is 19.4. The molecule has 1 heterocycles. The Morgan fingerprint density at radius 2 is 1.95 bits per heavy atom. The number of ether oxygens (including phenoxy) is 1. The van der Waals surface area contributed by atoms with Gasteiger partial charge in [0.05, 0.1) is 18.9 Å². The van der Waals surface area contributed by atoms with E-state index in [9.17, 15) is 18.3 Å². The van der Waals surface area contributed by atoms with Crippen molar-refractivity contribution in [2.45, 2.75) is 25.4 Å². The van der Waals surface area contributed by atoms with Crippen LogP contribution in [0, 0.1) is 0 Å². The lowest BCUT2D eigenvalue weighted by Crippen LogP contribution is -2.28. The van der Waals surface area contributed by atoms with E-state index < -0.39 is 18.4 Å². The minimum atomic E-state index is -4.76. The summed E-state index contributed by atoms with van der Waals surface area (Å²) in [6, 6.07) is 8.22. The second kappa shape index (κ2) is 6.85. The van der Waals surface area contributed by atoms with Crippen molar-refractivity contribution < 1.29 is 27.4 Å². The second-order valence-electron chi connectivity index (χ2n) is 4.72. The molecule has 0 saturated carbocycles. The van der Waals surface area contributed by atoms with E-state index in [4.69, 9.17) is 4.42 Å². The summed E-state index contributed by atoms with van der Waals surface area (Å²) >= 11 is 0. The highest BCUT2D eigenvalue weighted by Gasteiger charge is 2.32. The molecule has 0 radical (unpaired) electrons. The van der Waals surface area contributed by atoms with Crippen LogP contribution in [-0.2, 0) is 0 Å². The van der Waals surface area contributed by atoms with Crippen LogP contribution in [0.25, 0.3) is 0 Å². The number of benzene rings is 1. The van der Waals surface area contributed by atoms with E-state index in [2.05, 4.69) is 10.1 Å². The normalized spacial score (nSPS) is 14.6. The number of halogens is 3. The predicted molar refractivity (Wildman–Crippen MR) is 73.2 cm³/mol. The molecule has 0 aliphatic rings. The first-order valence-corrected chi connectivity index (χ1v) is 6.65. The molecule has 0 amide bonds. The van der Waals surface area contributed by atoms with E-state index in [-0.39, 0.29) is 12.4 Å². The third-order valence-corrected chi connectivity index (χ3v) is 3.13. The van der Waals surface area contributed by atoms with Crippen LogP contribution in [0.15, 0.2) is 47.1 Å². The van der Waals surface area contributed by atoms with E-state index in [1.807, 2.05) is 0 Å². The lowest BCUT2D eigenvalue weighted by molar-refractivity contribution is -0.275. The molecule has 1 aromatic carbocycles. The first-order chi connectivity index (χ1) is 10.4. The monoisotopic (exact) mass is 315 g/mol. The van der Waals surface area contributed by atoms with Gasteiger partial charge in [0.15, 0.2) is 0 Å². The van der Waals surface area contributed by atoms with Crippen molar-refractivity contribution >= 4 is 0 Å². The highest BCUT2D eigenvalue weighted by molar-refractivity contribution is 5.36. The van der Waals surface area contributed by atoms with Crippen LogP contribution >= 0.6 is 0 Å². The number of hydrogen-bond donors (Lipinski definition) is 2. The van der Waals surface area contributed by atoms with E-state index in [0.717, 1.165) is 0 Å². The van der Waals surface area contributed by atoms with Gasteiger partial charge in [-0.25, -0.2) is 0 Å². The molecule has 2 unspecified atom stereocenters. The molecule has 7 heteroatoms. The maximum atomic E-state index is 12.4. The van der Waals surface area contributed by atoms with Gasteiger partial charge in [-0.15, -0.1) is 13.2 Å². The number of aliphatic hydroxyl groups is 1. The zero-order valence-electron chi connectivity index (χ0n) is 11.8. The Morgan fingerprint density at radius 1 is 1.23 bits per heavy atom. The average molecular weight is 315 g/mol. The molecular weight excluding hydrogens is 299 g/mol. The smallest absolute Gasteiger partial charge is 0.468 e. The molecule has 2 N–H and O–H groups in total. The quantitative estimate of drug-likeness (QED) is 0.856. The zero-order valence-corrected chi connectivity index (χ0v) is 11.8. The van der Waals surface area contributed by atoms with Crippen LogP contribution in [0.1, 0.15) is 30.3 Å². The van der Waals surface area contributed by atoms with Crippen molar-refractivity contribution in [3.63, 3.8) is 0 Å². The molecule has 0 aliphatic heterocycles. The molecule has 0 fully saturated rings. The van der Waals surface area contributed by atoms with Gasteiger partial charge in [0.25, 0.3) is 0 Å². The summed E-state index contributed by atoms with van der Waals surface area (Å²) in [6.07, 6.45) is -3.29. The first kappa shape index (κ1) is 16.4. The van der Waals surface area contributed by atoms with Crippen LogP contribution in [0.2, 0.25) is 0 Å². The Bertz CT molecular complexity index is 584. The number of para-hydroxylation sites is 1. The van der Waals surface area contributed by atoms with Crippen LogP contribution in [0.3, 0.4) is 0 Å². The molecule has 4 nitrogen and oxygen atoms in total. The topological polar surface area (TPSA) is 54.6 Å². The van der Waals surface area contributed by atoms with Crippen LogP contribution in [0.5, 0.6) is 5.75 Å². The van der Waals surface area contributed by atoms with Crippen molar-refractivity contribution in [3.05, 3.63) is 54.0 Å². The fourth-order valence-electron chi connectivity index (χ4n) is 2.16. The molecule has 2 rings (SSSR count). The van der Waals surface area contributed by atoms with Crippen molar-refractivity contribution in [3.8, 4) is 5.75 Å². The SMILES string of the molecule is CC(NC(CO)c1ccco1)c1ccccc1OC(F)(F)F. The van der Waals surface area contributed by atoms with Crippen molar-refractivity contribution in [2.75, 3.05) is 6.61 Å². The third-order valence-electron chi connectivity index (χ3n) is 3.13. The molecule has 1 aromatic heterocycles. The van der Waals surface area contributed by atoms with Gasteiger partial charge in [-0.3, -0.25) is 5.32 Å². The summed E-state index contributed by atoms with van der Waals surface area (Å²) in [5.41, 5.74) is 0.338. The van der Waals surface area contributed by atoms with Gasteiger partial charge in [0.1, 0.15) is 11.5 Å². The molecule has 2 aromatic rings. The van der Waals surface area contributed by atoms with Crippen molar-refractivity contribution in [2.24, 2.45) is 0 Å². The second-order valence-corrected chi connectivity index (χ2v) is 4.72. The molecule has 0 saturated heterocycles. The van der Waals surface area contributed by atoms with Crippen LogP contribution in [-0.4, -0.2) is 18.1 Å². The largest absolute Gasteiger partial charge is 0.573 e. The molecule has 0 bridgehead atoms. The lowest BCUT2D eigenvalue weighted by atomic mass is 10.1. The summed E-state index contributed by atoms with van der Waals surface area (Å²) in [6.45, 7) is 1.43. The molecule has 120 valence electrons. The molecular formula is C15H16F3NO3. The Kier molecular flexibility index (Phi) is 5.10. The fourth-order valence-corrected chi connectivity index (χ4v) is 2.16. The van der Waals surface area contributed by atoms with Gasteiger partial charge in [0, 0.05) is 11.6 Å². The Morgan fingerprint density at radius 3 is 2.55 bits per heavy atom. The van der Waals surface area contributed by atoms with Gasteiger partial charge >= 0.3 is 6.36 Å². The van der Waals surface area contributed by atoms with Crippen LogP contribution in [0.4, 0.5) is 13.2 Å². The summed E-state index contributed by atoms with van der Waals surface area (Å²) in [5.74, 6) is 0.231. The first-order valence-electron chi connectivity index (χ1n) is 6.65. The number of rotatable bonds is 6. The van der Waals surface area contributed by atoms with Crippen molar-refractivity contribution in [1.82, 2.24) is 5.32 Å². The van der Waals surface area contributed by atoms with E-state index in [1.54, 1.807) is 25.1 Å². The Labute approximate surface area is 125 Å². The Hall–Kier alpha value is -1.99. The summed E-state index contributed by atoms with van der Waals surface area (Å²) < 4.78 is 46.6. The van der Waals surface area contributed by atoms with Gasteiger partial charge in [-0.05, 0) is 25.1 Å². The molecule has 0 aliphatic carbocycles. The number of hydrogen-bond acceptors (Lipinski definition) is 4. The number of aliphatic hydroxyl groups excluding tert-OH is 1. The van der Waals surface area contributed by atoms with Crippen molar-refractivity contribution in [1.29, 1.82) is 0 Å². The molecule has 22 heavy (non-hydrogen) atoms. The third kappa shape index (κ3) is 4.25. The Balaban J connectivity index is 2.17. The van der Waals surface area contributed by atoms with E-state index >= 15 is 0 Å². The van der Waals surface area contributed by atoms with E-state index in [1.165, 1.54) is 24.5 Å². The summed E-state index contributed by atoms with van der Waals surface area (Å²) in [5, 5.41) is 12.4. The van der Waals surface area contributed by atoms with Gasteiger partial charge in [-0.1, -0.05) is 18.2 Å². The van der Waals surface area contributed by atoms with Gasteiger partial charge in [0.2, 0.25) is 0 Å². The zero-order chi connectivity index (χ0) is 16.2. The number of alkyl halides is 3. The minimum Gasteiger partial charge on any atom is -0.468 e. The van der Waals surface area contributed by atoms with E-state index in [0.29, 0.717) is 11.3 Å². The lowest BCUT2D eigenvalue weighted by Gasteiger charge is -2.22. The maximum absolute atomic E-state index is 12.4. The highest BCUT2D eigenvalue weighted by Crippen LogP contribution is 2.31. The predicted octanol–water partition coefficient (Wildman–Crippen LogP) is 3.56. The molecule has 0 spiro atoms. The molecule has 2 atom stereocenters. The standard InChI is InChI=1S/C15H16F3NO3/c1-10(19-12(9-20)14-7-4-8-21-14)11-5-2-3-6-13(11)22-15(16,17)18/h2-8,10,12,19-20H,9H2,1H3.